The number of imidazole rings is 1. The lowest BCUT2D eigenvalue weighted by molar-refractivity contribution is -0.190. The molecule has 106 valence electrons. The van der Waals surface area contributed by atoms with E-state index in [-0.39, 0.29) is 5.79 Å². The second-order valence-corrected chi connectivity index (χ2v) is 5.48. The first-order valence-corrected chi connectivity index (χ1v) is 7.11. The highest BCUT2D eigenvalue weighted by atomic mass is 16.7. The van der Waals surface area contributed by atoms with E-state index in [0.29, 0.717) is 0 Å². The number of nitrogens with zero attached hydrogens (tertiary/aromatic N) is 4. The zero-order valence-corrected chi connectivity index (χ0v) is 11.4. The van der Waals surface area contributed by atoms with E-state index in [9.17, 15) is 0 Å². The molecular formula is C14H18N4O2. The van der Waals surface area contributed by atoms with Gasteiger partial charge < -0.3 is 9.47 Å². The van der Waals surface area contributed by atoms with Crippen LogP contribution in [0.3, 0.4) is 0 Å². The summed E-state index contributed by atoms with van der Waals surface area (Å²) in [6.45, 7) is 4.21. The van der Waals surface area contributed by atoms with Crippen molar-refractivity contribution in [3.05, 3.63) is 30.5 Å². The number of rotatable bonds is 2. The van der Waals surface area contributed by atoms with Crippen LogP contribution in [0, 0.1) is 0 Å². The summed E-state index contributed by atoms with van der Waals surface area (Å²) in [5.41, 5.74) is 2.07. The maximum Gasteiger partial charge on any atom is 0.181 e. The normalized spacial score (nSPS) is 22.8. The molecule has 6 heteroatoms. The lowest BCUT2D eigenvalue weighted by atomic mass is 10.0. The summed E-state index contributed by atoms with van der Waals surface area (Å²) in [6, 6.07) is 0. The molecule has 2 fully saturated rings. The monoisotopic (exact) mass is 274 g/mol. The maximum absolute atomic E-state index is 5.82. The summed E-state index contributed by atoms with van der Waals surface area (Å²) in [5, 5.41) is 0. The van der Waals surface area contributed by atoms with Crippen LogP contribution < -0.4 is 0 Å². The van der Waals surface area contributed by atoms with Gasteiger partial charge in [0.25, 0.3) is 0 Å². The molecule has 0 amide bonds. The third kappa shape index (κ3) is 2.09. The Labute approximate surface area is 117 Å². The van der Waals surface area contributed by atoms with Crippen LogP contribution in [0.5, 0.6) is 0 Å². The fourth-order valence-corrected chi connectivity index (χ4v) is 3.18. The van der Waals surface area contributed by atoms with Gasteiger partial charge in [-0.05, 0) is 13.0 Å². The topological polar surface area (TPSA) is 51.9 Å². The van der Waals surface area contributed by atoms with Gasteiger partial charge in [-0.15, -0.1) is 0 Å². The van der Waals surface area contributed by atoms with Gasteiger partial charge in [0.05, 0.1) is 37.8 Å². The summed E-state index contributed by atoms with van der Waals surface area (Å²) in [4.78, 5) is 10.9. The van der Waals surface area contributed by atoms with Crippen LogP contribution in [-0.4, -0.2) is 51.4 Å². The summed E-state index contributed by atoms with van der Waals surface area (Å²) in [5.74, 6) is -0.361. The Kier molecular flexibility index (Phi) is 2.94. The van der Waals surface area contributed by atoms with Crippen molar-refractivity contribution in [1.29, 1.82) is 0 Å². The average Bonchev–Trinajstić information content (AvgIpc) is 3.08. The molecule has 1 spiro atoms. The molecule has 20 heavy (non-hydrogen) atoms. The highest BCUT2D eigenvalue weighted by molar-refractivity contribution is 5.36. The molecule has 0 aliphatic carbocycles. The Morgan fingerprint density at radius 1 is 1.25 bits per heavy atom. The minimum Gasteiger partial charge on any atom is -0.346 e. The van der Waals surface area contributed by atoms with Crippen LogP contribution in [-0.2, 0) is 16.0 Å². The highest BCUT2D eigenvalue weighted by Crippen LogP contribution is 2.30. The molecule has 0 N–H and O–H groups in total. The second kappa shape index (κ2) is 4.80. The first kappa shape index (κ1) is 12.3. The predicted molar refractivity (Wildman–Crippen MR) is 72.1 cm³/mol. The SMILES string of the molecule is c1cn2c(CN3CCCC4(C3)OCCO4)cnc2cn1. The number of likely N-dealkylation sites (tertiary alicyclic amines) is 1. The van der Waals surface area contributed by atoms with Gasteiger partial charge in [-0.1, -0.05) is 0 Å². The second-order valence-electron chi connectivity index (χ2n) is 5.48. The molecule has 0 saturated carbocycles. The summed E-state index contributed by atoms with van der Waals surface area (Å²) in [7, 11) is 0. The van der Waals surface area contributed by atoms with Gasteiger partial charge in [0, 0.05) is 25.4 Å². The fraction of sp³-hybridized carbons (Fsp3) is 0.571. The molecule has 0 unspecified atom stereocenters. The van der Waals surface area contributed by atoms with Gasteiger partial charge in [-0.25, -0.2) is 4.98 Å². The zero-order chi connectivity index (χ0) is 13.4. The number of hydrogen-bond donors (Lipinski definition) is 0. The van der Waals surface area contributed by atoms with E-state index in [0.717, 1.165) is 51.3 Å². The molecule has 4 rings (SSSR count). The Balaban J connectivity index is 1.53. The van der Waals surface area contributed by atoms with E-state index < -0.39 is 0 Å². The summed E-state index contributed by atoms with van der Waals surface area (Å²) in [6.07, 6.45) is 9.57. The maximum atomic E-state index is 5.82. The third-order valence-electron chi connectivity index (χ3n) is 4.09. The van der Waals surface area contributed by atoms with Crippen LogP contribution in [0.1, 0.15) is 18.5 Å². The van der Waals surface area contributed by atoms with Crippen molar-refractivity contribution in [3.8, 4) is 0 Å². The van der Waals surface area contributed by atoms with E-state index in [1.54, 1.807) is 12.4 Å². The smallest absolute Gasteiger partial charge is 0.181 e. The molecule has 2 saturated heterocycles. The first-order valence-electron chi connectivity index (χ1n) is 7.11. The van der Waals surface area contributed by atoms with Gasteiger partial charge in [0.15, 0.2) is 11.4 Å². The zero-order valence-electron chi connectivity index (χ0n) is 11.4. The van der Waals surface area contributed by atoms with Gasteiger partial charge in [-0.2, -0.15) is 0 Å². The third-order valence-corrected chi connectivity index (χ3v) is 4.09. The van der Waals surface area contributed by atoms with Crippen molar-refractivity contribution in [1.82, 2.24) is 19.3 Å². The molecule has 0 radical (unpaired) electrons. The number of ether oxygens (including phenoxy) is 2. The number of fused-ring (bicyclic) bond motifs is 1. The van der Waals surface area contributed by atoms with Gasteiger partial charge >= 0.3 is 0 Å². The van der Waals surface area contributed by atoms with Crippen LogP contribution in [0.15, 0.2) is 24.8 Å². The first-order chi connectivity index (χ1) is 9.85. The van der Waals surface area contributed by atoms with Crippen molar-refractivity contribution in [3.63, 3.8) is 0 Å². The molecule has 2 aliphatic rings. The molecular weight excluding hydrogens is 256 g/mol. The van der Waals surface area contributed by atoms with Crippen molar-refractivity contribution in [2.24, 2.45) is 0 Å². The molecule has 2 aliphatic heterocycles. The number of hydrogen-bond acceptors (Lipinski definition) is 5. The van der Waals surface area contributed by atoms with Crippen molar-refractivity contribution in [2.75, 3.05) is 26.3 Å². The van der Waals surface area contributed by atoms with Crippen molar-refractivity contribution < 1.29 is 9.47 Å². The van der Waals surface area contributed by atoms with Crippen molar-refractivity contribution >= 4 is 5.65 Å². The molecule has 6 nitrogen and oxygen atoms in total. The lowest BCUT2D eigenvalue weighted by Crippen LogP contribution is -2.48. The van der Waals surface area contributed by atoms with Crippen LogP contribution in [0.2, 0.25) is 0 Å². The molecule has 0 aromatic carbocycles. The van der Waals surface area contributed by atoms with Gasteiger partial charge in [0.2, 0.25) is 0 Å². The lowest BCUT2D eigenvalue weighted by Gasteiger charge is -2.38. The fourth-order valence-electron chi connectivity index (χ4n) is 3.18. The Morgan fingerprint density at radius 3 is 3.05 bits per heavy atom. The largest absolute Gasteiger partial charge is 0.346 e. The van der Waals surface area contributed by atoms with E-state index >= 15 is 0 Å². The standard InChI is InChI=1S/C14H18N4O2/c1-2-14(19-6-7-20-14)11-17(4-1)10-12-8-16-13-9-15-3-5-18(12)13/h3,5,8-9H,1-2,4,6-7,10-11H2. The highest BCUT2D eigenvalue weighted by Gasteiger charge is 2.40. The molecule has 2 aromatic rings. The Morgan fingerprint density at radius 2 is 2.15 bits per heavy atom. The Hall–Kier alpha value is -1.50. The molecule has 4 heterocycles. The van der Waals surface area contributed by atoms with E-state index in [1.165, 1.54) is 5.69 Å². The van der Waals surface area contributed by atoms with Crippen molar-refractivity contribution in [2.45, 2.75) is 25.2 Å². The van der Waals surface area contributed by atoms with E-state index in [1.807, 2.05) is 12.4 Å². The van der Waals surface area contributed by atoms with Crippen LogP contribution >= 0.6 is 0 Å². The molecule has 2 aromatic heterocycles. The predicted octanol–water partition coefficient (Wildman–Crippen LogP) is 1.07. The minimum absolute atomic E-state index is 0.361. The van der Waals surface area contributed by atoms with Gasteiger partial charge in [-0.3, -0.25) is 14.3 Å². The average molecular weight is 274 g/mol. The quantitative estimate of drug-likeness (QED) is 0.820. The van der Waals surface area contributed by atoms with Gasteiger partial charge in [0.1, 0.15) is 0 Å². The van der Waals surface area contributed by atoms with E-state index in [4.69, 9.17) is 9.47 Å². The minimum atomic E-state index is -0.361. The number of piperidine rings is 1. The Bertz CT molecular complexity index is 606. The van der Waals surface area contributed by atoms with Crippen LogP contribution in [0.4, 0.5) is 0 Å². The van der Waals surface area contributed by atoms with Crippen LogP contribution in [0.25, 0.3) is 5.65 Å². The summed E-state index contributed by atoms with van der Waals surface area (Å²) < 4.78 is 13.7. The summed E-state index contributed by atoms with van der Waals surface area (Å²) >= 11 is 0. The molecule has 0 atom stereocenters. The number of aromatic nitrogens is 3. The molecule has 0 bridgehead atoms. The van der Waals surface area contributed by atoms with E-state index in [2.05, 4.69) is 19.3 Å².